The van der Waals surface area contributed by atoms with E-state index in [-0.39, 0.29) is 11.7 Å². The molecule has 0 heterocycles. The molecule has 0 aromatic carbocycles. The lowest BCUT2D eigenvalue weighted by molar-refractivity contribution is -0.130. The van der Waals surface area contributed by atoms with E-state index in [2.05, 4.69) is 0 Å². The largest absolute Gasteiger partial charge is 0.403 e. The predicted octanol–water partition coefficient (Wildman–Crippen LogP) is 1.02. The fourth-order valence-corrected chi connectivity index (χ4v) is 1.73. The minimum absolute atomic E-state index is 0.117. The summed E-state index contributed by atoms with van der Waals surface area (Å²) in [5.41, 5.74) is 5.69. The number of rotatable bonds is 4. The fraction of sp³-hybridized carbons (Fsp3) is 0.636. The van der Waals surface area contributed by atoms with Gasteiger partial charge in [0.1, 0.15) is 5.70 Å². The number of ketones is 1. The van der Waals surface area contributed by atoms with E-state index in [4.69, 9.17) is 5.73 Å². The average Bonchev–Trinajstić information content (AvgIpc) is 2.07. The number of amides is 1. The summed E-state index contributed by atoms with van der Waals surface area (Å²) in [7, 11) is 0. The molecule has 0 aliphatic heterocycles. The monoisotopic (exact) mass is 210 g/mol. The Balaban J connectivity index is 2.71. The lowest BCUT2D eigenvalue weighted by Crippen LogP contribution is -2.37. The first-order valence-electron chi connectivity index (χ1n) is 5.27. The van der Waals surface area contributed by atoms with E-state index in [1.165, 1.54) is 31.4 Å². The summed E-state index contributed by atoms with van der Waals surface area (Å²) in [6, 6.07) is 0. The predicted molar refractivity (Wildman–Crippen MR) is 57.7 cm³/mol. The van der Waals surface area contributed by atoms with Crippen LogP contribution in [-0.2, 0) is 9.59 Å². The van der Waals surface area contributed by atoms with E-state index < -0.39 is 0 Å². The SMILES string of the molecule is CC(=O)/C(=C/N)N(CC1CCC1)C(C)=O. The Morgan fingerprint density at radius 3 is 2.27 bits per heavy atom. The molecule has 0 spiro atoms. The highest BCUT2D eigenvalue weighted by Gasteiger charge is 2.25. The molecule has 1 aliphatic carbocycles. The van der Waals surface area contributed by atoms with Crippen molar-refractivity contribution in [3.8, 4) is 0 Å². The van der Waals surface area contributed by atoms with E-state index >= 15 is 0 Å². The van der Waals surface area contributed by atoms with Gasteiger partial charge in [0.25, 0.3) is 0 Å². The maximum Gasteiger partial charge on any atom is 0.224 e. The number of carbonyl (C=O) groups is 2. The van der Waals surface area contributed by atoms with Crippen LogP contribution < -0.4 is 5.73 Å². The second-order valence-electron chi connectivity index (χ2n) is 4.03. The summed E-state index contributed by atoms with van der Waals surface area (Å²) in [6.45, 7) is 3.51. The summed E-state index contributed by atoms with van der Waals surface area (Å²) >= 11 is 0. The molecule has 0 unspecified atom stereocenters. The fourth-order valence-electron chi connectivity index (χ4n) is 1.73. The molecule has 15 heavy (non-hydrogen) atoms. The Morgan fingerprint density at radius 1 is 1.40 bits per heavy atom. The van der Waals surface area contributed by atoms with Gasteiger partial charge in [-0.25, -0.2) is 0 Å². The first-order valence-corrected chi connectivity index (χ1v) is 5.27. The highest BCUT2D eigenvalue weighted by molar-refractivity contribution is 5.96. The summed E-state index contributed by atoms with van der Waals surface area (Å²) in [5.74, 6) is 0.254. The standard InChI is InChI=1S/C11H18N2O2/c1-8(14)11(6-12)13(9(2)15)7-10-4-3-5-10/h6,10H,3-5,7,12H2,1-2H3/b11-6-. The van der Waals surface area contributed by atoms with Crippen molar-refractivity contribution in [1.82, 2.24) is 4.90 Å². The van der Waals surface area contributed by atoms with Gasteiger partial charge in [-0.15, -0.1) is 0 Å². The molecule has 0 aromatic rings. The number of carbonyl (C=O) groups excluding carboxylic acids is 2. The minimum atomic E-state index is -0.160. The molecule has 1 rings (SSSR count). The number of hydrogen-bond acceptors (Lipinski definition) is 3. The number of Topliss-reactive ketones (excluding diaryl/α,β-unsaturated/α-hetero) is 1. The topological polar surface area (TPSA) is 63.4 Å². The Labute approximate surface area is 90.1 Å². The van der Waals surface area contributed by atoms with Crippen LogP contribution in [0, 0.1) is 5.92 Å². The van der Waals surface area contributed by atoms with Gasteiger partial charge in [0.05, 0.1) is 0 Å². The molecule has 1 amide bonds. The lowest BCUT2D eigenvalue weighted by atomic mass is 9.85. The van der Waals surface area contributed by atoms with Crippen LogP contribution in [0.15, 0.2) is 11.9 Å². The molecule has 1 fully saturated rings. The van der Waals surface area contributed by atoms with Gasteiger partial charge in [0.15, 0.2) is 5.78 Å². The van der Waals surface area contributed by atoms with E-state index in [0.717, 1.165) is 12.8 Å². The number of allylic oxidation sites excluding steroid dienone is 1. The van der Waals surface area contributed by atoms with Crippen molar-refractivity contribution in [1.29, 1.82) is 0 Å². The highest BCUT2D eigenvalue weighted by atomic mass is 16.2. The molecular weight excluding hydrogens is 192 g/mol. The third-order valence-electron chi connectivity index (χ3n) is 2.86. The van der Waals surface area contributed by atoms with Crippen molar-refractivity contribution >= 4 is 11.7 Å². The van der Waals surface area contributed by atoms with Crippen LogP contribution in [0.3, 0.4) is 0 Å². The number of nitrogens with two attached hydrogens (primary N) is 1. The van der Waals surface area contributed by atoms with Gasteiger partial charge < -0.3 is 10.6 Å². The van der Waals surface area contributed by atoms with Gasteiger partial charge in [0, 0.05) is 26.6 Å². The van der Waals surface area contributed by atoms with Crippen molar-refractivity contribution in [2.75, 3.05) is 6.54 Å². The Morgan fingerprint density at radius 2 is 2.00 bits per heavy atom. The van der Waals surface area contributed by atoms with Crippen LogP contribution in [0.25, 0.3) is 0 Å². The van der Waals surface area contributed by atoms with Gasteiger partial charge in [-0.05, 0) is 18.8 Å². The molecule has 0 atom stereocenters. The van der Waals surface area contributed by atoms with Crippen LogP contribution >= 0.6 is 0 Å². The zero-order chi connectivity index (χ0) is 11.4. The molecule has 0 bridgehead atoms. The second kappa shape index (κ2) is 4.96. The van der Waals surface area contributed by atoms with Gasteiger partial charge in [-0.1, -0.05) is 6.42 Å². The third kappa shape index (κ3) is 2.81. The van der Waals surface area contributed by atoms with E-state index in [0.29, 0.717) is 18.2 Å². The van der Waals surface area contributed by atoms with Crippen LogP contribution in [0.5, 0.6) is 0 Å². The minimum Gasteiger partial charge on any atom is -0.403 e. The average molecular weight is 210 g/mol. The Kier molecular flexibility index (Phi) is 3.88. The van der Waals surface area contributed by atoms with Crippen molar-refractivity contribution in [3.63, 3.8) is 0 Å². The maximum atomic E-state index is 11.4. The van der Waals surface area contributed by atoms with E-state index in [1.807, 2.05) is 0 Å². The van der Waals surface area contributed by atoms with E-state index in [1.54, 1.807) is 0 Å². The quantitative estimate of drug-likeness (QED) is 0.705. The van der Waals surface area contributed by atoms with Crippen molar-refractivity contribution in [2.45, 2.75) is 33.1 Å². The van der Waals surface area contributed by atoms with Crippen molar-refractivity contribution in [2.24, 2.45) is 11.7 Å². The molecule has 1 saturated carbocycles. The molecular formula is C11H18N2O2. The highest BCUT2D eigenvalue weighted by Crippen LogP contribution is 2.28. The summed E-state index contributed by atoms with van der Waals surface area (Å²) in [6.07, 6.45) is 4.72. The van der Waals surface area contributed by atoms with Gasteiger partial charge >= 0.3 is 0 Å². The van der Waals surface area contributed by atoms with Crippen LogP contribution in [0.4, 0.5) is 0 Å². The molecule has 4 nitrogen and oxygen atoms in total. The summed E-state index contributed by atoms with van der Waals surface area (Å²) in [5, 5.41) is 0. The first-order chi connectivity index (χ1) is 7.06. The number of hydrogen-bond donors (Lipinski definition) is 1. The first kappa shape index (κ1) is 11.8. The second-order valence-corrected chi connectivity index (χ2v) is 4.03. The smallest absolute Gasteiger partial charge is 0.224 e. The maximum absolute atomic E-state index is 11.4. The van der Waals surface area contributed by atoms with Gasteiger partial charge in [-0.2, -0.15) is 0 Å². The lowest BCUT2D eigenvalue weighted by Gasteiger charge is -2.32. The van der Waals surface area contributed by atoms with Gasteiger partial charge in [-0.3, -0.25) is 9.59 Å². The third-order valence-corrected chi connectivity index (χ3v) is 2.86. The summed E-state index contributed by atoms with van der Waals surface area (Å²) in [4.78, 5) is 24.2. The van der Waals surface area contributed by atoms with Crippen LogP contribution in [0.2, 0.25) is 0 Å². The Bertz CT molecular complexity index is 293. The molecule has 4 heteroatoms. The zero-order valence-electron chi connectivity index (χ0n) is 9.32. The molecule has 1 aliphatic rings. The number of nitrogens with zero attached hydrogens (tertiary/aromatic N) is 1. The van der Waals surface area contributed by atoms with Crippen LogP contribution in [-0.4, -0.2) is 23.1 Å². The normalized spacial score (nSPS) is 17.1. The zero-order valence-corrected chi connectivity index (χ0v) is 9.32. The van der Waals surface area contributed by atoms with Crippen molar-refractivity contribution < 1.29 is 9.59 Å². The van der Waals surface area contributed by atoms with Crippen LogP contribution in [0.1, 0.15) is 33.1 Å². The van der Waals surface area contributed by atoms with E-state index in [9.17, 15) is 9.59 Å². The molecule has 84 valence electrons. The molecule has 0 radical (unpaired) electrons. The Hall–Kier alpha value is -1.32. The van der Waals surface area contributed by atoms with Crippen molar-refractivity contribution in [3.05, 3.63) is 11.9 Å². The molecule has 0 aromatic heterocycles. The molecule has 0 saturated heterocycles. The van der Waals surface area contributed by atoms with Gasteiger partial charge in [0.2, 0.25) is 5.91 Å². The molecule has 2 N–H and O–H groups in total. The summed E-state index contributed by atoms with van der Waals surface area (Å²) < 4.78 is 0.